The Hall–Kier alpha value is -0.0600. The number of allylic oxidation sites excluding steroid dienone is 1. The summed E-state index contributed by atoms with van der Waals surface area (Å²) in [7, 11) is 2.08. The molecule has 0 saturated heterocycles. The van der Waals surface area contributed by atoms with Crippen molar-refractivity contribution in [2.24, 2.45) is 5.92 Å². The van der Waals surface area contributed by atoms with Crippen LogP contribution >= 0.6 is 22.6 Å². The second kappa shape index (κ2) is 6.40. The Morgan fingerprint density at radius 1 is 1.54 bits per heavy atom. The predicted molar refractivity (Wildman–Crippen MR) is 67.8 cm³/mol. The van der Waals surface area contributed by atoms with Gasteiger partial charge in [-0.15, -0.1) is 0 Å². The fourth-order valence-corrected chi connectivity index (χ4v) is 2.85. The number of rotatable bonds is 5. The van der Waals surface area contributed by atoms with E-state index in [0.29, 0.717) is 12.0 Å². The Kier molecular flexibility index (Phi) is 6.37. The highest BCUT2D eigenvalue weighted by atomic mass is 127. The predicted octanol–water partition coefficient (Wildman–Crippen LogP) is 2.93. The first kappa shape index (κ1) is 12.9. The highest BCUT2D eigenvalue weighted by Gasteiger charge is 2.14. The van der Waals surface area contributed by atoms with E-state index in [2.05, 4.69) is 48.4 Å². The molecular formula is C10H19IN2. The minimum absolute atomic E-state index is 0.565. The zero-order chi connectivity index (χ0) is 10.4. The molecule has 0 aromatic rings. The van der Waals surface area contributed by atoms with Crippen molar-refractivity contribution in [2.75, 3.05) is 11.5 Å². The molecule has 0 unspecified atom stereocenters. The molecule has 0 amide bonds. The Bertz CT molecular complexity index is 187. The molecule has 0 radical (unpaired) electrons. The zero-order valence-electron chi connectivity index (χ0n) is 8.84. The van der Waals surface area contributed by atoms with Gasteiger partial charge >= 0.3 is 0 Å². The zero-order valence-corrected chi connectivity index (χ0v) is 11.0. The van der Waals surface area contributed by atoms with Crippen LogP contribution < -0.4 is 0 Å². The quantitative estimate of drug-likeness (QED) is 0.471. The van der Waals surface area contributed by atoms with Crippen LogP contribution in [0.3, 0.4) is 0 Å². The number of hydrogen-bond donors (Lipinski definition) is 1. The first-order valence-corrected chi connectivity index (χ1v) is 6.02. The van der Waals surface area contributed by atoms with E-state index in [1.807, 2.05) is 13.1 Å². The van der Waals surface area contributed by atoms with Crippen LogP contribution in [0.1, 0.15) is 20.8 Å². The molecule has 0 aliphatic carbocycles. The second-order valence-corrected chi connectivity index (χ2v) is 4.53. The van der Waals surface area contributed by atoms with E-state index in [0.717, 1.165) is 10.0 Å². The van der Waals surface area contributed by atoms with Crippen LogP contribution in [-0.4, -0.2) is 28.6 Å². The highest BCUT2D eigenvalue weighted by molar-refractivity contribution is 14.1. The van der Waals surface area contributed by atoms with Gasteiger partial charge in [0.05, 0.1) is 0 Å². The first-order chi connectivity index (χ1) is 6.02. The SMILES string of the molecule is C/C(C=N)=C/N(C)[C@H](CI)C(C)C. The number of nitrogens with zero attached hydrogens (tertiary/aromatic N) is 1. The molecule has 0 saturated carbocycles. The van der Waals surface area contributed by atoms with Crippen LogP contribution in [0.5, 0.6) is 0 Å². The average Bonchev–Trinajstić information content (AvgIpc) is 2.04. The summed E-state index contributed by atoms with van der Waals surface area (Å²) in [4.78, 5) is 2.21. The normalized spacial score (nSPS) is 14.5. The van der Waals surface area contributed by atoms with Gasteiger partial charge in [-0.25, -0.2) is 0 Å². The molecule has 0 aromatic heterocycles. The van der Waals surface area contributed by atoms with Gasteiger partial charge in [-0.05, 0) is 18.4 Å². The summed E-state index contributed by atoms with van der Waals surface area (Å²) in [5.74, 6) is 0.650. The maximum Gasteiger partial charge on any atom is 0.0393 e. The van der Waals surface area contributed by atoms with E-state index in [4.69, 9.17) is 5.41 Å². The van der Waals surface area contributed by atoms with E-state index >= 15 is 0 Å². The van der Waals surface area contributed by atoms with Gasteiger partial charge in [-0.3, -0.25) is 0 Å². The topological polar surface area (TPSA) is 27.1 Å². The largest absolute Gasteiger partial charge is 0.376 e. The molecule has 76 valence electrons. The summed E-state index contributed by atoms with van der Waals surface area (Å²) >= 11 is 2.41. The Labute approximate surface area is 95.0 Å². The van der Waals surface area contributed by atoms with E-state index < -0.39 is 0 Å². The molecule has 1 N–H and O–H groups in total. The number of alkyl halides is 1. The lowest BCUT2D eigenvalue weighted by Gasteiger charge is -2.28. The van der Waals surface area contributed by atoms with Gasteiger partial charge in [-0.1, -0.05) is 36.4 Å². The molecule has 1 atom stereocenters. The molecule has 0 aromatic carbocycles. The monoisotopic (exact) mass is 294 g/mol. The van der Waals surface area contributed by atoms with Crippen molar-refractivity contribution in [3.05, 3.63) is 11.8 Å². The maximum atomic E-state index is 7.09. The molecule has 0 fully saturated rings. The van der Waals surface area contributed by atoms with Crippen LogP contribution in [0, 0.1) is 11.3 Å². The lowest BCUT2D eigenvalue weighted by molar-refractivity contribution is 0.287. The third-order valence-corrected chi connectivity index (χ3v) is 2.99. The third-order valence-electron chi connectivity index (χ3n) is 2.09. The average molecular weight is 294 g/mol. The van der Waals surface area contributed by atoms with Crippen LogP contribution in [0.2, 0.25) is 0 Å². The van der Waals surface area contributed by atoms with Gasteiger partial charge < -0.3 is 10.3 Å². The van der Waals surface area contributed by atoms with Gasteiger partial charge in [0.2, 0.25) is 0 Å². The molecule has 13 heavy (non-hydrogen) atoms. The molecular weight excluding hydrogens is 275 g/mol. The summed E-state index contributed by atoms with van der Waals surface area (Å²) in [6.45, 7) is 6.41. The summed E-state index contributed by atoms with van der Waals surface area (Å²) in [6.07, 6.45) is 3.43. The van der Waals surface area contributed by atoms with E-state index in [-0.39, 0.29) is 0 Å². The van der Waals surface area contributed by atoms with Crippen LogP contribution in [-0.2, 0) is 0 Å². The minimum atomic E-state index is 0.565. The molecule has 0 aliphatic heterocycles. The van der Waals surface area contributed by atoms with Crippen LogP contribution in [0.4, 0.5) is 0 Å². The number of halogens is 1. The van der Waals surface area contributed by atoms with E-state index in [1.54, 1.807) is 0 Å². The fraction of sp³-hybridized carbons (Fsp3) is 0.700. The van der Waals surface area contributed by atoms with Crippen molar-refractivity contribution in [1.29, 1.82) is 5.41 Å². The molecule has 0 spiro atoms. The molecule has 0 heterocycles. The lowest BCUT2D eigenvalue weighted by Crippen LogP contribution is -2.33. The summed E-state index contributed by atoms with van der Waals surface area (Å²) < 4.78 is 1.12. The molecule has 3 heteroatoms. The van der Waals surface area contributed by atoms with Crippen molar-refractivity contribution < 1.29 is 0 Å². The molecule has 2 nitrogen and oxygen atoms in total. The van der Waals surface area contributed by atoms with Gasteiger partial charge in [0.1, 0.15) is 0 Å². The molecule has 0 rings (SSSR count). The van der Waals surface area contributed by atoms with Crippen molar-refractivity contribution >= 4 is 28.8 Å². The molecule has 0 aliphatic rings. The minimum Gasteiger partial charge on any atom is -0.376 e. The van der Waals surface area contributed by atoms with Gasteiger partial charge in [-0.2, -0.15) is 0 Å². The van der Waals surface area contributed by atoms with Crippen LogP contribution in [0.25, 0.3) is 0 Å². The first-order valence-electron chi connectivity index (χ1n) is 4.49. The van der Waals surface area contributed by atoms with E-state index in [1.165, 1.54) is 6.21 Å². The van der Waals surface area contributed by atoms with Gasteiger partial charge in [0, 0.05) is 29.9 Å². The Morgan fingerprint density at radius 3 is 2.38 bits per heavy atom. The van der Waals surface area contributed by atoms with E-state index in [9.17, 15) is 0 Å². The second-order valence-electron chi connectivity index (χ2n) is 3.65. The third kappa shape index (κ3) is 4.64. The van der Waals surface area contributed by atoms with Gasteiger partial charge in [0.15, 0.2) is 0 Å². The van der Waals surface area contributed by atoms with Crippen molar-refractivity contribution in [2.45, 2.75) is 26.8 Å². The van der Waals surface area contributed by atoms with Crippen molar-refractivity contribution in [3.8, 4) is 0 Å². The smallest absolute Gasteiger partial charge is 0.0393 e. The lowest BCUT2D eigenvalue weighted by atomic mass is 10.1. The summed E-state index contributed by atoms with van der Waals surface area (Å²) in [6, 6.07) is 0.565. The van der Waals surface area contributed by atoms with Gasteiger partial charge in [0.25, 0.3) is 0 Å². The van der Waals surface area contributed by atoms with Crippen molar-refractivity contribution in [1.82, 2.24) is 4.90 Å². The highest BCUT2D eigenvalue weighted by Crippen LogP contribution is 2.13. The Morgan fingerprint density at radius 2 is 2.08 bits per heavy atom. The summed E-state index contributed by atoms with van der Waals surface area (Å²) in [5.41, 5.74) is 0.998. The standard InChI is InChI=1S/C10H19IN2/c1-8(2)10(5-11)13(4)7-9(3)6-12/h6-8,10,12H,5H2,1-4H3/b9-7-,12-6?/t10-/m1/s1. The molecule has 0 bridgehead atoms. The summed E-state index contributed by atoms with van der Waals surface area (Å²) in [5, 5.41) is 7.09. The van der Waals surface area contributed by atoms with Crippen molar-refractivity contribution in [3.63, 3.8) is 0 Å². The number of hydrogen-bond acceptors (Lipinski definition) is 2. The Balaban J connectivity index is 4.37. The number of nitrogens with one attached hydrogen (secondary N) is 1. The van der Waals surface area contributed by atoms with Crippen LogP contribution in [0.15, 0.2) is 11.8 Å². The fourth-order valence-electron chi connectivity index (χ4n) is 1.21. The maximum absolute atomic E-state index is 7.09.